The molecule has 8 nitrogen and oxygen atoms in total. The summed E-state index contributed by atoms with van der Waals surface area (Å²) in [5.41, 5.74) is 0.623. The number of hydrogen-bond acceptors (Lipinski definition) is 7. The Kier molecular flexibility index (Phi) is 5.82. The van der Waals surface area contributed by atoms with E-state index >= 15 is 0 Å². The summed E-state index contributed by atoms with van der Waals surface area (Å²) in [5, 5.41) is 18.3. The molecule has 0 aliphatic carbocycles. The molecule has 0 radical (unpaired) electrons. The zero-order chi connectivity index (χ0) is 15.0. The van der Waals surface area contributed by atoms with Crippen molar-refractivity contribution in [3.63, 3.8) is 0 Å². The number of aromatic hydroxyl groups is 1. The summed E-state index contributed by atoms with van der Waals surface area (Å²) in [6.07, 6.45) is 2.61. The van der Waals surface area contributed by atoms with Gasteiger partial charge in [0.1, 0.15) is 13.2 Å². The third-order valence-corrected chi connectivity index (χ3v) is 2.14. The molecule has 0 saturated heterocycles. The van der Waals surface area contributed by atoms with E-state index in [0.717, 1.165) is 6.08 Å². The Morgan fingerprint density at radius 3 is 2.85 bits per heavy atom. The van der Waals surface area contributed by atoms with Gasteiger partial charge in [0.25, 0.3) is 5.09 Å². The van der Waals surface area contributed by atoms with Crippen LogP contribution in [0.5, 0.6) is 11.5 Å². The van der Waals surface area contributed by atoms with Crippen LogP contribution in [0.1, 0.15) is 5.56 Å². The highest BCUT2D eigenvalue weighted by Crippen LogP contribution is 2.26. The molecular weight excluding hydrogens is 270 g/mol. The van der Waals surface area contributed by atoms with Crippen molar-refractivity contribution in [3.05, 3.63) is 40.0 Å². The highest BCUT2D eigenvalue weighted by molar-refractivity contribution is 5.87. The third-order valence-electron chi connectivity index (χ3n) is 2.14. The van der Waals surface area contributed by atoms with Crippen LogP contribution in [0.3, 0.4) is 0 Å². The normalized spacial score (nSPS) is 10.2. The van der Waals surface area contributed by atoms with E-state index in [2.05, 4.69) is 9.57 Å². The van der Waals surface area contributed by atoms with Crippen LogP contribution in [0.2, 0.25) is 0 Å². The van der Waals surface area contributed by atoms with Gasteiger partial charge in [0.2, 0.25) is 0 Å². The summed E-state index contributed by atoms with van der Waals surface area (Å²) < 4.78 is 9.57. The molecule has 0 aromatic heterocycles. The highest BCUT2D eigenvalue weighted by Gasteiger charge is 2.02. The molecule has 108 valence electrons. The minimum absolute atomic E-state index is 0.0100. The van der Waals surface area contributed by atoms with Gasteiger partial charge in [0.05, 0.1) is 7.11 Å². The number of phenolic OH excluding ortho intramolecular Hbond substituents is 1. The lowest BCUT2D eigenvalue weighted by atomic mass is 10.2. The topological polar surface area (TPSA) is 108 Å². The van der Waals surface area contributed by atoms with Gasteiger partial charge >= 0.3 is 5.97 Å². The monoisotopic (exact) mass is 283 g/mol. The molecule has 1 aromatic carbocycles. The molecule has 0 saturated carbocycles. The second kappa shape index (κ2) is 7.62. The minimum atomic E-state index is -0.966. The van der Waals surface area contributed by atoms with Crippen molar-refractivity contribution in [2.45, 2.75) is 0 Å². The summed E-state index contributed by atoms with van der Waals surface area (Å²) in [6, 6.07) is 4.54. The van der Waals surface area contributed by atoms with Gasteiger partial charge in [-0.05, 0) is 23.8 Å². The number of ether oxygens (including phenoxy) is 2. The van der Waals surface area contributed by atoms with E-state index < -0.39 is 11.1 Å². The van der Waals surface area contributed by atoms with Crippen LogP contribution >= 0.6 is 0 Å². The molecule has 1 rings (SSSR count). The van der Waals surface area contributed by atoms with Gasteiger partial charge in [-0.3, -0.25) is 0 Å². The summed E-state index contributed by atoms with van der Waals surface area (Å²) in [4.78, 5) is 25.1. The second-order valence-corrected chi connectivity index (χ2v) is 3.49. The zero-order valence-electron chi connectivity index (χ0n) is 10.6. The van der Waals surface area contributed by atoms with E-state index in [1.54, 1.807) is 6.07 Å². The molecule has 1 aromatic rings. The predicted octanol–water partition coefficient (Wildman–Crippen LogP) is 1.17. The van der Waals surface area contributed by atoms with Crippen LogP contribution < -0.4 is 4.74 Å². The Hall–Kier alpha value is -2.77. The van der Waals surface area contributed by atoms with Crippen molar-refractivity contribution in [3.8, 4) is 11.5 Å². The van der Waals surface area contributed by atoms with Crippen LogP contribution in [-0.2, 0) is 14.4 Å². The molecule has 20 heavy (non-hydrogen) atoms. The predicted molar refractivity (Wildman–Crippen MR) is 67.6 cm³/mol. The SMILES string of the molecule is COc1cc(/C=C/C(=O)OCCO[N+](=O)[O-])ccc1O. The molecule has 0 bridgehead atoms. The lowest BCUT2D eigenvalue weighted by Gasteiger charge is -2.03. The molecule has 0 aliphatic heterocycles. The summed E-state index contributed by atoms with van der Waals surface area (Å²) >= 11 is 0. The standard InChI is InChI=1S/C12H13NO7/c1-18-11-8-9(2-4-10(11)14)3-5-12(15)19-6-7-20-13(16)17/h2-5,8,14H,6-7H2,1H3/b5-3+. The van der Waals surface area contributed by atoms with Gasteiger partial charge in [-0.2, -0.15) is 0 Å². The number of carbonyl (C=O) groups excluding carboxylic acids is 1. The number of hydrogen-bond donors (Lipinski definition) is 1. The minimum Gasteiger partial charge on any atom is -0.504 e. The van der Waals surface area contributed by atoms with Crippen LogP contribution in [0.4, 0.5) is 0 Å². The Balaban J connectivity index is 2.46. The molecule has 0 unspecified atom stereocenters. The molecule has 0 heterocycles. The fourth-order valence-electron chi connectivity index (χ4n) is 1.26. The lowest BCUT2D eigenvalue weighted by Crippen LogP contribution is -2.11. The first-order chi connectivity index (χ1) is 9.52. The van der Waals surface area contributed by atoms with Crippen molar-refractivity contribution in [1.82, 2.24) is 0 Å². The van der Waals surface area contributed by atoms with Gasteiger partial charge in [0.15, 0.2) is 11.5 Å². The summed E-state index contributed by atoms with van der Waals surface area (Å²) in [5.74, 6) is -0.395. The van der Waals surface area contributed by atoms with Crippen molar-refractivity contribution >= 4 is 12.0 Å². The molecule has 0 atom stereocenters. The molecule has 8 heteroatoms. The fourth-order valence-corrected chi connectivity index (χ4v) is 1.26. The molecule has 0 fully saturated rings. The van der Waals surface area contributed by atoms with Crippen LogP contribution in [0.25, 0.3) is 6.08 Å². The van der Waals surface area contributed by atoms with E-state index in [1.807, 2.05) is 0 Å². The largest absolute Gasteiger partial charge is 0.504 e. The van der Waals surface area contributed by atoms with E-state index in [1.165, 1.54) is 25.3 Å². The first-order valence-corrected chi connectivity index (χ1v) is 5.52. The maximum atomic E-state index is 11.3. The first kappa shape index (κ1) is 15.3. The number of benzene rings is 1. The van der Waals surface area contributed by atoms with Gasteiger partial charge in [-0.1, -0.05) is 6.07 Å². The van der Waals surface area contributed by atoms with E-state index in [9.17, 15) is 20.0 Å². The number of nitrogens with zero attached hydrogens (tertiary/aromatic N) is 1. The quantitative estimate of drug-likeness (QED) is 0.263. The van der Waals surface area contributed by atoms with Crippen molar-refractivity contribution in [1.29, 1.82) is 0 Å². The van der Waals surface area contributed by atoms with Gasteiger partial charge in [0, 0.05) is 6.08 Å². The number of methoxy groups -OCH3 is 1. The summed E-state index contributed by atoms with van der Waals surface area (Å²) in [6.45, 7) is -0.539. The number of esters is 1. The Morgan fingerprint density at radius 1 is 1.45 bits per heavy atom. The van der Waals surface area contributed by atoms with Crippen molar-refractivity contribution in [2.24, 2.45) is 0 Å². The number of carbonyl (C=O) groups is 1. The maximum absolute atomic E-state index is 11.3. The van der Waals surface area contributed by atoms with E-state index in [0.29, 0.717) is 5.56 Å². The van der Waals surface area contributed by atoms with Gasteiger partial charge < -0.3 is 19.4 Å². The summed E-state index contributed by atoms with van der Waals surface area (Å²) in [7, 11) is 1.41. The smallest absolute Gasteiger partial charge is 0.330 e. The number of rotatable bonds is 7. The van der Waals surface area contributed by atoms with Gasteiger partial charge in [-0.15, -0.1) is 10.1 Å². The first-order valence-electron chi connectivity index (χ1n) is 5.52. The average molecular weight is 283 g/mol. The zero-order valence-corrected chi connectivity index (χ0v) is 10.6. The van der Waals surface area contributed by atoms with Crippen molar-refractivity contribution < 1.29 is 29.3 Å². The maximum Gasteiger partial charge on any atom is 0.330 e. The number of phenols is 1. The van der Waals surface area contributed by atoms with E-state index in [4.69, 9.17) is 4.74 Å². The van der Waals surface area contributed by atoms with E-state index in [-0.39, 0.29) is 24.7 Å². The second-order valence-electron chi connectivity index (χ2n) is 3.49. The van der Waals surface area contributed by atoms with Crippen LogP contribution in [-0.4, -0.2) is 36.5 Å². The molecular formula is C12H13NO7. The molecule has 0 spiro atoms. The highest BCUT2D eigenvalue weighted by atomic mass is 17.0. The van der Waals surface area contributed by atoms with Gasteiger partial charge in [-0.25, -0.2) is 4.79 Å². The third kappa shape index (κ3) is 5.25. The van der Waals surface area contributed by atoms with Crippen LogP contribution in [0.15, 0.2) is 24.3 Å². The Labute approximate surface area is 114 Å². The molecule has 0 aliphatic rings. The van der Waals surface area contributed by atoms with Crippen molar-refractivity contribution in [2.75, 3.05) is 20.3 Å². The fraction of sp³-hybridized carbons (Fsp3) is 0.250. The average Bonchev–Trinajstić information content (AvgIpc) is 2.42. The molecule has 1 N–H and O–H groups in total. The van der Waals surface area contributed by atoms with Crippen LogP contribution in [0, 0.1) is 10.1 Å². The Morgan fingerprint density at radius 2 is 2.20 bits per heavy atom. The molecule has 0 amide bonds. The Bertz CT molecular complexity index is 513. The lowest BCUT2D eigenvalue weighted by molar-refractivity contribution is -0.757.